The maximum absolute atomic E-state index is 5.45. The monoisotopic (exact) mass is 347 g/mol. The number of anilines is 1. The van der Waals surface area contributed by atoms with Crippen LogP contribution < -0.4 is 14.8 Å². The van der Waals surface area contributed by atoms with Crippen molar-refractivity contribution in [2.45, 2.75) is 19.9 Å². The van der Waals surface area contributed by atoms with Crippen molar-refractivity contribution < 1.29 is 9.47 Å². The number of nitrogens with zero attached hydrogens (tertiary/aromatic N) is 4. The third kappa shape index (κ3) is 2.32. The van der Waals surface area contributed by atoms with Crippen LogP contribution in [0.3, 0.4) is 0 Å². The van der Waals surface area contributed by atoms with E-state index in [9.17, 15) is 0 Å². The Balaban J connectivity index is 1.55. The van der Waals surface area contributed by atoms with E-state index in [1.165, 1.54) is 0 Å². The summed E-state index contributed by atoms with van der Waals surface area (Å²) in [5.41, 5.74) is 2.80. The topological polar surface area (TPSA) is 73.6 Å². The van der Waals surface area contributed by atoms with Gasteiger partial charge in [0.1, 0.15) is 5.82 Å². The molecule has 4 aromatic rings. The first-order valence-electron chi connectivity index (χ1n) is 8.58. The number of para-hydroxylation sites is 1. The zero-order chi connectivity index (χ0) is 17.5. The molecule has 0 saturated carbocycles. The van der Waals surface area contributed by atoms with E-state index in [2.05, 4.69) is 22.4 Å². The molecular weight excluding hydrogens is 330 g/mol. The first-order valence-corrected chi connectivity index (χ1v) is 8.58. The largest absolute Gasteiger partial charge is 0.454 e. The van der Waals surface area contributed by atoms with Crippen molar-refractivity contribution in [1.82, 2.24) is 19.6 Å². The molecule has 0 saturated heterocycles. The fourth-order valence-electron chi connectivity index (χ4n) is 3.22. The zero-order valence-corrected chi connectivity index (χ0v) is 14.3. The van der Waals surface area contributed by atoms with Crippen molar-refractivity contribution in [2.24, 2.45) is 0 Å². The van der Waals surface area contributed by atoms with Crippen LogP contribution in [0.4, 0.5) is 5.95 Å². The SMILES string of the molecule is CCc1nnc2c3ccccc3nc(NCc3ccc4c(c3)OCO4)n12. The Labute approximate surface area is 149 Å². The van der Waals surface area contributed by atoms with Crippen LogP contribution >= 0.6 is 0 Å². The van der Waals surface area contributed by atoms with E-state index in [-0.39, 0.29) is 6.79 Å². The second-order valence-electron chi connectivity index (χ2n) is 6.12. The van der Waals surface area contributed by atoms with Gasteiger partial charge in [0.25, 0.3) is 0 Å². The quantitative estimate of drug-likeness (QED) is 0.611. The maximum atomic E-state index is 5.45. The van der Waals surface area contributed by atoms with Gasteiger partial charge in [0.15, 0.2) is 17.1 Å². The van der Waals surface area contributed by atoms with Gasteiger partial charge in [-0.2, -0.15) is 0 Å². The molecule has 26 heavy (non-hydrogen) atoms. The lowest BCUT2D eigenvalue weighted by molar-refractivity contribution is 0.174. The average Bonchev–Trinajstić information content (AvgIpc) is 3.32. The van der Waals surface area contributed by atoms with Crippen LogP contribution in [0.2, 0.25) is 0 Å². The Morgan fingerprint density at radius 2 is 1.96 bits per heavy atom. The smallest absolute Gasteiger partial charge is 0.231 e. The summed E-state index contributed by atoms with van der Waals surface area (Å²) in [6.45, 7) is 2.95. The molecule has 2 aromatic carbocycles. The molecular formula is C19H17N5O2. The molecule has 130 valence electrons. The fourth-order valence-corrected chi connectivity index (χ4v) is 3.22. The van der Waals surface area contributed by atoms with Crippen molar-refractivity contribution in [3.63, 3.8) is 0 Å². The molecule has 0 unspecified atom stereocenters. The van der Waals surface area contributed by atoms with E-state index in [0.717, 1.165) is 51.8 Å². The molecule has 1 aliphatic heterocycles. The number of hydrogen-bond acceptors (Lipinski definition) is 6. The number of aromatic nitrogens is 4. The molecule has 0 bridgehead atoms. The van der Waals surface area contributed by atoms with E-state index in [1.807, 2.05) is 46.9 Å². The lowest BCUT2D eigenvalue weighted by Crippen LogP contribution is -2.09. The minimum Gasteiger partial charge on any atom is -0.454 e. The van der Waals surface area contributed by atoms with Crippen LogP contribution in [0.25, 0.3) is 16.6 Å². The van der Waals surface area contributed by atoms with Crippen LogP contribution in [0, 0.1) is 0 Å². The van der Waals surface area contributed by atoms with Gasteiger partial charge in [-0.15, -0.1) is 10.2 Å². The van der Waals surface area contributed by atoms with Gasteiger partial charge >= 0.3 is 0 Å². The van der Waals surface area contributed by atoms with Gasteiger partial charge in [0.05, 0.1) is 5.52 Å². The van der Waals surface area contributed by atoms with Crippen LogP contribution in [-0.4, -0.2) is 26.4 Å². The molecule has 1 N–H and O–H groups in total. The predicted molar refractivity (Wildman–Crippen MR) is 97.6 cm³/mol. The third-order valence-electron chi connectivity index (χ3n) is 4.52. The van der Waals surface area contributed by atoms with E-state index < -0.39 is 0 Å². The molecule has 5 rings (SSSR count). The van der Waals surface area contributed by atoms with Gasteiger partial charge in [0, 0.05) is 18.4 Å². The van der Waals surface area contributed by atoms with E-state index in [1.54, 1.807) is 0 Å². The van der Waals surface area contributed by atoms with Crippen molar-refractivity contribution in [3.05, 3.63) is 53.9 Å². The lowest BCUT2D eigenvalue weighted by Gasteiger charge is -2.11. The highest BCUT2D eigenvalue weighted by molar-refractivity contribution is 5.92. The lowest BCUT2D eigenvalue weighted by atomic mass is 10.2. The molecule has 3 heterocycles. The summed E-state index contributed by atoms with van der Waals surface area (Å²) in [4.78, 5) is 4.79. The van der Waals surface area contributed by atoms with Gasteiger partial charge in [-0.3, -0.25) is 0 Å². The Morgan fingerprint density at radius 1 is 1.08 bits per heavy atom. The molecule has 2 aromatic heterocycles. The minimum absolute atomic E-state index is 0.277. The van der Waals surface area contributed by atoms with Crippen LogP contribution in [-0.2, 0) is 13.0 Å². The predicted octanol–water partition coefficient (Wildman–Crippen LogP) is 3.18. The Hall–Kier alpha value is -3.35. The van der Waals surface area contributed by atoms with Crippen molar-refractivity contribution in [1.29, 1.82) is 0 Å². The van der Waals surface area contributed by atoms with Crippen LogP contribution in [0.5, 0.6) is 11.5 Å². The van der Waals surface area contributed by atoms with Crippen LogP contribution in [0.1, 0.15) is 18.3 Å². The van der Waals surface area contributed by atoms with E-state index in [4.69, 9.17) is 14.5 Å². The third-order valence-corrected chi connectivity index (χ3v) is 4.52. The second kappa shape index (κ2) is 5.87. The highest BCUT2D eigenvalue weighted by atomic mass is 16.7. The number of fused-ring (bicyclic) bond motifs is 4. The highest BCUT2D eigenvalue weighted by Gasteiger charge is 2.15. The van der Waals surface area contributed by atoms with Gasteiger partial charge in [-0.05, 0) is 29.8 Å². The molecule has 0 radical (unpaired) electrons. The van der Waals surface area contributed by atoms with Crippen molar-refractivity contribution in [2.75, 3.05) is 12.1 Å². The fraction of sp³-hybridized carbons (Fsp3) is 0.211. The summed E-state index contributed by atoms with van der Waals surface area (Å²) in [5, 5.41) is 13.1. The second-order valence-corrected chi connectivity index (χ2v) is 6.12. The number of hydrogen-bond donors (Lipinski definition) is 1. The van der Waals surface area contributed by atoms with Gasteiger partial charge in [-0.1, -0.05) is 25.1 Å². The molecule has 1 aliphatic rings. The summed E-state index contributed by atoms with van der Waals surface area (Å²) in [6.07, 6.45) is 0.778. The zero-order valence-electron chi connectivity index (χ0n) is 14.3. The molecule has 7 heteroatoms. The van der Waals surface area contributed by atoms with Crippen LogP contribution in [0.15, 0.2) is 42.5 Å². The normalized spacial score (nSPS) is 12.8. The number of rotatable bonds is 4. The van der Waals surface area contributed by atoms with Gasteiger partial charge in [-0.25, -0.2) is 9.38 Å². The van der Waals surface area contributed by atoms with Gasteiger partial charge < -0.3 is 14.8 Å². The van der Waals surface area contributed by atoms with Crippen molar-refractivity contribution >= 4 is 22.5 Å². The minimum atomic E-state index is 0.277. The highest BCUT2D eigenvalue weighted by Crippen LogP contribution is 2.32. The number of nitrogens with one attached hydrogen (secondary N) is 1. The maximum Gasteiger partial charge on any atom is 0.231 e. The number of ether oxygens (including phenoxy) is 2. The van der Waals surface area contributed by atoms with E-state index in [0.29, 0.717) is 6.54 Å². The molecule has 0 aliphatic carbocycles. The summed E-state index contributed by atoms with van der Waals surface area (Å²) in [6, 6.07) is 13.9. The Bertz CT molecular complexity index is 1120. The number of benzene rings is 2. The Kier molecular flexibility index (Phi) is 3.38. The van der Waals surface area contributed by atoms with Crippen molar-refractivity contribution in [3.8, 4) is 11.5 Å². The molecule has 0 fully saturated rings. The summed E-state index contributed by atoms with van der Waals surface area (Å²) in [7, 11) is 0. The summed E-state index contributed by atoms with van der Waals surface area (Å²) >= 11 is 0. The molecule has 0 amide bonds. The Morgan fingerprint density at radius 3 is 2.88 bits per heavy atom. The summed E-state index contributed by atoms with van der Waals surface area (Å²) < 4.78 is 12.8. The first-order chi connectivity index (χ1) is 12.8. The molecule has 0 atom stereocenters. The molecule has 0 spiro atoms. The molecule has 7 nitrogen and oxygen atoms in total. The van der Waals surface area contributed by atoms with E-state index >= 15 is 0 Å². The standard InChI is InChI=1S/C19H17N5O2/c1-2-17-22-23-18-13-5-3-4-6-14(13)21-19(24(17)18)20-10-12-7-8-15-16(9-12)26-11-25-15/h3-9H,2,10-11H2,1H3,(H,20,21). The summed E-state index contributed by atoms with van der Waals surface area (Å²) in [5.74, 6) is 3.18. The average molecular weight is 347 g/mol. The number of aryl methyl sites for hydroxylation is 1. The first kappa shape index (κ1) is 14.9. The van der Waals surface area contributed by atoms with Gasteiger partial charge in [0.2, 0.25) is 12.7 Å².